The molecule has 0 aromatic carbocycles. The van der Waals surface area contributed by atoms with Gasteiger partial charge in [-0.25, -0.2) is 4.98 Å². The molecule has 0 fully saturated rings. The van der Waals surface area contributed by atoms with Crippen LogP contribution in [0.5, 0.6) is 5.75 Å². The molecule has 0 aliphatic heterocycles. The molecule has 0 radical (unpaired) electrons. The molecule has 0 aliphatic rings. The van der Waals surface area contributed by atoms with Gasteiger partial charge in [0.15, 0.2) is 0 Å². The van der Waals surface area contributed by atoms with E-state index in [1.54, 1.807) is 6.07 Å². The fraction of sp³-hybridized carbons (Fsp3) is 0.583. The number of hydrogen-bond donors (Lipinski definition) is 4. The summed E-state index contributed by atoms with van der Waals surface area (Å²) in [5.41, 5.74) is 0.526. The quantitative estimate of drug-likeness (QED) is 0.622. The minimum absolute atomic E-state index is 0.0627. The lowest BCUT2D eigenvalue weighted by Crippen LogP contribution is -2.38. The van der Waals surface area contributed by atoms with Crippen LogP contribution in [0.4, 0.5) is 0 Å². The number of nitrogens with zero attached hydrogens (tertiary/aromatic N) is 1. The fourth-order valence-electron chi connectivity index (χ4n) is 1.32. The summed E-state index contributed by atoms with van der Waals surface area (Å²) in [6.45, 7) is 6.03. The molecule has 0 aliphatic carbocycles. The van der Waals surface area contributed by atoms with Crippen LogP contribution < -0.4 is 5.32 Å². The zero-order valence-electron chi connectivity index (χ0n) is 10.4. The van der Waals surface area contributed by atoms with E-state index in [9.17, 15) is 10.2 Å². The molecule has 1 heterocycles. The molecule has 0 unspecified atom stereocenters. The number of aromatic nitrogens is 1. The second-order valence-corrected chi connectivity index (χ2v) is 5.01. The van der Waals surface area contributed by atoms with E-state index < -0.39 is 6.10 Å². The largest absolute Gasteiger partial charge is 0.506 e. The summed E-state index contributed by atoms with van der Waals surface area (Å²) < 4.78 is 0. The highest BCUT2D eigenvalue weighted by Gasteiger charge is 2.15. The highest BCUT2D eigenvalue weighted by Crippen LogP contribution is 2.18. The van der Waals surface area contributed by atoms with E-state index in [0.29, 0.717) is 12.2 Å². The SMILES string of the molecule is CC(C)(C)NC[C@H](O)c1ccc(O)c(CO)n1. The van der Waals surface area contributed by atoms with E-state index in [0.717, 1.165) is 0 Å². The third-order valence-electron chi connectivity index (χ3n) is 2.29. The van der Waals surface area contributed by atoms with E-state index >= 15 is 0 Å². The molecule has 0 spiro atoms. The molecular weight excluding hydrogens is 220 g/mol. The van der Waals surface area contributed by atoms with Crippen LogP contribution in [0.1, 0.15) is 38.3 Å². The van der Waals surface area contributed by atoms with Gasteiger partial charge in [0.05, 0.1) is 12.3 Å². The van der Waals surface area contributed by atoms with Crippen molar-refractivity contribution in [2.75, 3.05) is 6.54 Å². The molecule has 1 aromatic heterocycles. The monoisotopic (exact) mass is 240 g/mol. The van der Waals surface area contributed by atoms with Gasteiger partial charge in [-0.15, -0.1) is 0 Å². The molecule has 1 aromatic rings. The zero-order chi connectivity index (χ0) is 13.1. The number of rotatable bonds is 4. The average Bonchev–Trinajstić information content (AvgIpc) is 2.25. The molecule has 4 N–H and O–H groups in total. The highest BCUT2D eigenvalue weighted by molar-refractivity contribution is 5.28. The van der Waals surface area contributed by atoms with Crippen LogP contribution in [-0.2, 0) is 6.61 Å². The van der Waals surface area contributed by atoms with E-state index in [1.807, 2.05) is 20.8 Å². The van der Waals surface area contributed by atoms with E-state index in [1.165, 1.54) is 6.07 Å². The van der Waals surface area contributed by atoms with Gasteiger partial charge in [-0.05, 0) is 32.9 Å². The minimum atomic E-state index is -0.764. The van der Waals surface area contributed by atoms with Gasteiger partial charge in [0.1, 0.15) is 17.5 Å². The number of hydrogen-bond acceptors (Lipinski definition) is 5. The Labute approximate surface area is 101 Å². The van der Waals surface area contributed by atoms with Crippen molar-refractivity contribution in [3.63, 3.8) is 0 Å². The molecule has 0 bridgehead atoms. The lowest BCUT2D eigenvalue weighted by Gasteiger charge is -2.22. The lowest BCUT2D eigenvalue weighted by molar-refractivity contribution is 0.158. The highest BCUT2D eigenvalue weighted by atomic mass is 16.3. The molecule has 1 rings (SSSR count). The third kappa shape index (κ3) is 4.30. The van der Waals surface area contributed by atoms with Crippen molar-refractivity contribution in [1.29, 1.82) is 0 Å². The van der Waals surface area contributed by atoms with Crippen LogP contribution in [-0.4, -0.2) is 32.4 Å². The third-order valence-corrected chi connectivity index (χ3v) is 2.29. The maximum Gasteiger partial charge on any atom is 0.139 e. The van der Waals surface area contributed by atoms with Crippen LogP contribution >= 0.6 is 0 Å². The second kappa shape index (κ2) is 5.44. The Balaban J connectivity index is 2.72. The predicted octanol–water partition coefficient (Wildman–Crippen LogP) is 0.701. The maximum absolute atomic E-state index is 9.91. The number of aliphatic hydroxyl groups excluding tert-OH is 2. The Hall–Kier alpha value is -1.17. The van der Waals surface area contributed by atoms with Gasteiger partial charge in [-0.2, -0.15) is 0 Å². The Bertz CT molecular complexity index is 375. The molecule has 0 amide bonds. The summed E-state index contributed by atoms with van der Waals surface area (Å²) in [7, 11) is 0. The summed E-state index contributed by atoms with van der Waals surface area (Å²) in [6.07, 6.45) is -0.764. The maximum atomic E-state index is 9.91. The number of nitrogens with one attached hydrogen (secondary N) is 1. The van der Waals surface area contributed by atoms with Crippen molar-refractivity contribution < 1.29 is 15.3 Å². The minimum Gasteiger partial charge on any atom is -0.506 e. The summed E-state index contributed by atoms with van der Waals surface area (Å²) in [5, 5.41) is 31.4. The van der Waals surface area contributed by atoms with Gasteiger partial charge < -0.3 is 20.6 Å². The predicted molar refractivity (Wildman–Crippen MR) is 64.5 cm³/mol. The molecular formula is C12H20N2O3. The molecule has 1 atom stereocenters. The van der Waals surface area contributed by atoms with Crippen LogP contribution in [0.25, 0.3) is 0 Å². The summed E-state index contributed by atoms with van der Waals surface area (Å²) in [4.78, 5) is 4.00. The number of β-amino-alcohol motifs (C(OH)–C–C–N with tert-alkyl or cyclic N) is 1. The Morgan fingerprint density at radius 1 is 1.35 bits per heavy atom. The normalized spacial score (nSPS) is 13.7. The lowest BCUT2D eigenvalue weighted by atomic mass is 10.1. The first-order valence-electron chi connectivity index (χ1n) is 5.56. The van der Waals surface area contributed by atoms with Crippen molar-refractivity contribution in [3.05, 3.63) is 23.5 Å². The van der Waals surface area contributed by atoms with Gasteiger partial charge in [-0.3, -0.25) is 0 Å². The van der Waals surface area contributed by atoms with E-state index in [2.05, 4.69) is 10.3 Å². The van der Waals surface area contributed by atoms with Crippen molar-refractivity contribution in [1.82, 2.24) is 10.3 Å². The van der Waals surface area contributed by atoms with E-state index in [4.69, 9.17) is 5.11 Å². The van der Waals surface area contributed by atoms with Gasteiger partial charge in [-0.1, -0.05) is 0 Å². The topological polar surface area (TPSA) is 85.6 Å². The molecule has 17 heavy (non-hydrogen) atoms. The van der Waals surface area contributed by atoms with Crippen molar-refractivity contribution in [2.45, 2.75) is 39.0 Å². The standard InChI is InChI=1S/C12H20N2O3/c1-12(2,3)13-6-11(17)8-4-5-10(16)9(7-15)14-8/h4-5,11,13,15-17H,6-7H2,1-3H3/t11-/m0/s1. The van der Waals surface area contributed by atoms with Crippen molar-refractivity contribution in [3.8, 4) is 5.75 Å². The van der Waals surface area contributed by atoms with Gasteiger partial charge in [0.25, 0.3) is 0 Å². The Morgan fingerprint density at radius 3 is 2.53 bits per heavy atom. The van der Waals surface area contributed by atoms with Crippen molar-refractivity contribution in [2.24, 2.45) is 0 Å². The summed E-state index contributed by atoms with van der Waals surface area (Å²) >= 11 is 0. The molecule has 5 heteroatoms. The Kier molecular flexibility index (Phi) is 4.45. The second-order valence-electron chi connectivity index (χ2n) is 5.01. The summed E-state index contributed by atoms with van der Waals surface area (Å²) in [5.74, 6) is -0.0627. The number of pyridine rings is 1. The van der Waals surface area contributed by atoms with Crippen LogP contribution in [0.3, 0.4) is 0 Å². The van der Waals surface area contributed by atoms with Crippen LogP contribution in [0.2, 0.25) is 0 Å². The van der Waals surface area contributed by atoms with Gasteiger partial charge in [0.2, 0.25) is 0 Å². The Morgan fingerprint density at radius 2 is 2.00 bits per heavy atom. The molecule has 5 nitrogen and oxygen atoms in total. The smallest absolute Gasteiger partial charge is 0.139 e. The number of aromatic hydroxyl groups is 1. The molecule has 96 valence electrons. The van der Waals surface area contributed by atoms with E-state index in [-0.39, 0.29) is 23.6 Å². The molecule has 0 saturated carbocycles. The first kappa shape index (κ1) is 13.9. The molecule has 0 saturated heterocycles. The van der Waals surface area contributed by atoms with Gasteiger partial charge >= 0.3 is 0 Å². The average molecular weight is 240 g/mol. The number of aliphatic hydroxyl groups is 2. The first-order chi connectivity index (χ1) is 7.83. The van der Waals surface area contributed by atoms with Crippen molar-refractivity contribution >= 4 is 0 Å². The fourth-order valence-corrected chi connectivity index (χ4v) is 1.32. The van der Waals surface area contributed by atoms with Crippen LogP contribution in [0.15, 0.2) is 12.1 Å². The first-order valence-corrected chi connectivity index (χ1v) is 5.56. The van der Waals surface area contributed by atoms with Gasteiger partial charge in [0, 0.05) is 12.1 Å². The van der Waals surface area contributed by atoms with Crippen LogP contribution in [0, 0.1) is 0 Å². The summed E-state index contributed by atoms with van der Waals surface area (Å²) in [6, 6.07) is 2.97. The zero-order valence-corrected chi connectivity index (χ0v) is 10.4.